The van der Waals surface area contributed by atoms with Crippen LogP contribution in [0.25, 0.3) is 0 Å². The molecule has 1 aromatic rings. The van der Waals surface area contributed by atoms with Crippen molar-refractivity contribution < 1.29 is 19.1 Å². The SMILES string of the molecule is COc1ccc(CCN2CC(C(=O)NC3CCNC3)CC2=O)cc1OC.Cl. The second-order valence-electron chi connectivity index (χ2n) is 6.88. The molecule has 0 aromatic heterocycles. The van der Waals surface area contributed by atoms with E-state index in [0.717, 1.165) is 25.1 Å². The van der Waals surface area contributed by atoms with Crippen LogP contribution in [-0.4, -0.2) is 63.2 Å². The first-order valence-corrected chi connectivity index (χ1v) is 9.10. The number of hydrogen-bond donors (Lipinski definition) is 2. The number of hydrogen-bond acceptors (Lipinski definition) is 5. The Labute approximate surface area is 166 Å². The van der Waals surface area contributed by atoms with Gasteiger partial charge in [0.25, 0.3) is 0 Å². The van der Waals surface area contributed by atoms with Gasteiger partial charge in [0.2, 0.25) is 11.8 Å². The molecule has 3 rings (SSSR count). The monoisotopic (exact) mass is 397 g/mol. The summed E-state index contributed by atoms with van der Waals surface area (Å²) < 4.78 is 10.6. The van der Waals surface area contributed by atoms with Gasteiger partial charge in [-0.05, 0) is 37.1 Å². The maximum Gasteiger partial charge on any atom is 0.225 e. The fourth-order valence-electron chi connectivity index (χ4n) is 3.56. The molecule has 7 nitrogen and oxygen atoms in total. The number of carbonyl (C=O) groups excluding carboxylic acids is 2. The molecule has 2 atom stereocenters. The summed E-state index contributed by atoms with van der Waals surface area (Å²) in [5.41, 5.74) is 1.07. The van der Waals surface area contributed by atoms with Crippen molar-refractivity contribution in [1.82, 2.24) is 15.5 Å². The summed E-state index contributed by atoms with van der Waals surface area (Å²) in [6.07, 6.45) is 1.97. The third-order valence-corrected chi connectivity index (χ3v) is 5.11. The van der Waals surface area contributed by atoms with Gasteiger partial charge in [0.1, 0.15) is 0 Å². The lowest BCUT2D eigenvalue weighted by Crippen LogP contribution is -2.41. The molecule has 2 aliphatic heterocycles. The number of rotatable bonds is 7. The zero-order chi connectivity index (χ0) is 18.5. The Bertz CT molecular complexity index is 664. The van der Waals surface area contributed by atoms with Gasteiger partial charge in [-0.15, -0.1) is 12.4 Å². The predicted molar refractivity (Wildman–Crippen MR) is 105 cm³/mol. The highest BCUT2D eigenvalue weighted by Gasteiger charge is 2.35. The lowest BCUT2D eigenvalue weighted by Gasteiger charge is -2.18. The normalized spacial score (nSPS) is 21.7. The quantitative estimate of drug-likeness (QED) is 0.717. The summed E-state index contributed by atoms with van der Waals surface area (Å²) in [6.45, 7) is 2.85. The molecule has 2 aliphatic rings. The number of halogens is 1. The first-order valence-electron chi connectivity index (χ1n) is 9.10. The highest BCUT2D eigenvalue weighted by Crippen LogP contribution is 2.28. The highest BCUT2D eigenvalue weighted by molar-refractivity contribution is 5.89. The minimum absolute atomic E-state index is 0. The number of amides is 2. The molecule has 2 fully saturated rings. The summed E-state index contributed by atoms with van der Waals surface area (Å²) in [6, 6.07) is 5.96. The van der Waals surface area contributed by atoms with E-state index in [0.29, 0.717) is 37.4 Å². The average molecular weight is 398 g/mol. The summed E-state index contributed by atoms with van der Waals surface area (Å²) in [7, 11) is 3.21. The van der Waals surface area contributed by atoms with Crippen molar-refractivity contribution in [3.63, 3.8) is 0 Å². The van der Waals surface area contributed by atoms with Crippen molar-refractivity contribution in [3.8, 4) is 11.5 Å². The molecule has 0 radical (unpaired) electrons. The second kappa shape index (κ2) is 9.80. The molecule has 0 bridgehead atoms. The third kappa shape index (κ3) is 5.26. The fraction of sp³-hybridized carbons (Fsp3) is 0.579. The van der Waals surface area contributed by atoms with Crippen LogP contribution in [0, 0.1) is 5.92 Å². The van der Waals surface area contributed by atoms with E-state index in [1.807, 2.05) is 18.2 Å². The Kier molecular flexibility index (Phi) is 7.74. The van der Waals surface area contributed by atoms with Gasteiger partial charge in [-0.2, -0.15) is 0 Å². The predicted octanol–water partition coefficient (Wildman–Crippen LogP) is 0.995. The first kappa shape index (κ1) is 21.3. The van der Waals surface area contributed by atoms with Gasteiger partial charge in [0.05, 0.1) is 20.1 Å². The van der Waals surface area contributed by atoms with Gasteiger partial charge in [-0.1, -0.05) is 6.07 Å². The number of nitrogens with one attached hydrogen (secondary N) is 2. The summed E-state index contributed by atoms with van der Waals surface area (Å²) in [5, 5.41) is 6.28. The number of likely N-dealkylation sites (tertiary alicyclic amines) is 1. The number of carbonyl (C=O) groups is 2. The zero-order valence-electron chi connectivity index (χ0n) is 15.8. The highest BCUT2D eigenvalue weighted by atomic mass is 35.5. The Morgan fingerprint density at radius 1 is 1.30 bits per heavy atom. The van der Waals surface area contributed by atoms with Crippen LogP contribution in [-0.2, 0) is 16.0 Å². The van der Waals surface area contributed by atoms with E-state index in [2.05, 4.69) is 10.6 Å². The molecule has 2 saturated heterocycles. The molecule has 8 heteroatoms. The van der Waals surface area contributed by atoms with E-state index < -0.39 is 0 Å². The molecular formula is C19H28ClN3O4. The maximum absolute atomic E-state index is 12.4. The van der Waals surface area contributed by atoms with E-state index in [-0.39, 0.29) is 36.2 Å². The standard InChI is InChI=1S/C19H27N3O4.ClH/c1-25-16-4-3-13(9-17(16)26-2)6-8-22-12-14(10-18(22)23)19(24)21-15-5-7-20-11-15;/h3-4,9,14-15,20H,5-8,10-12H2,1-2H3,(H,21,24);1H. The molecule has 150 valence electrons. The smallest absolute Gasteiger partial charge is 0.225 e. The third-order valence-electron chi connectivity index (χ3n) is 5.11. The number of nitrogens with zero attached hydrogens (tertiary/aromatic N) is 1. The van der Waals surface area contributed by atoms with E-state index in [1.165, 1.54) is 0 Å². The summed E-state index contributed by atoms with van der Waals surface area (Å²) in [5.74, 6) is 1.18. The number of benzene rings is 1. The van der Waals surface area contributed by atoms with Gasteiger partial charge in [-0.3, -0.25) is 9.59 Å². The maximum atomic E-state index is 12.4. The Morgan fingerprint density at radius 3 is 2.74 bits per heavy atom. The molecule has 2 amide bonds. The molecule has 1 aromatic carbocycles. The van der Waals surface area contributed by atoms with Crippen LogP contribution < -0.4 is 20.1 Å². The Hall–Kier alpha value is -1.99. The van der Waals surface area contributed by atoms with Crippen LogP contribution in [0.5, 0.6) is 11.5 Å². The fourth-order valence-corrected chi connectivity index (χ4v) is 3.56. The van der Waals surface area contributed by atoms with Crippen molar-refractivity contribution in [2.24, 2.45) is 5.92 Å². The van der Waals surface area contributed by atoms with Crippen molar-refractivity contribution in [3.05, 3.63) is 23.8 Å². The first-order chi connectivity index (χ1) is 12.6. The topological polar surface area (TPSA) is 79.9 Å². The number of methoxy groups -OCH3 is 2. The van der Waals surface area contributed by atoms with E-state index in [9.17, 15) is 9.59 Å². The molecule has 0 spiro atoms. The lowest BCUT2D eigenvalue weighted by molar-refractivity contribution is -0.129. The van der Waals surface area contributed by atoms with Crippen molar-refractivity contribution in [2.45, 2.75) is 25.3 Å². The minimum Gasteiger partial charge on any atom is -0.493 e. The van der Waals surface area contributed by atoms with Gasteiger partial charge < -0.3 is 25.0 Å². The van der Waals surface area contributed by atoms with Crippen LogP contribution in [0.2, 0.25) is 0 Å². The zero-order valence-corrected chi connectivity index (χ0v) is 16.6. The van der Waals surface area contributed by atoms with Crippen LogP contribution in [0.4, 0.5) is 0 Å². The largest absolute Gasteiger partial charge is 0.493 e. The molecule has 2 unspecified atom stereocenters. The average Bonchev–Trinajstić information content (AvgIpc) is 3.29. The van der Waals surface area contributed by atoms with Gasteiger partial charge in [-0.25, -0.2) is 0 Å². The van der Waals surface area contributed by atoms with Crippen LogP contribution in [0.1, 0.15) is 18.4 Å². The van der Waals surface area contributed by atoms with E-state index >= 15 is 0 Å². The molecule has 27 heavy (non-hydrogen) atoms. The van der Waals surface area contributed by atoms with Gasteiger partial charge >= 0.3 is 0 Å². The molecular weight excluding hydrogens is 370 g/mol. The van der Waals surface area contributed by atoms with Crippen molar-refractivity contribution in [2.75, 3.05) is 40.4 Å². The molecule has 2 heterocycles. The molecule has 0 aliphatic carbocycles. The minimum atomic E-state index is -0.242. The number of ether oxygens (including phenoxy) is 2. The second-order valence-corrected chi connectivity index (χ2v) is 6.88. The van der Waals surface area contributed by atoms with Crippen LogP contribution in [0.3, 0.4) is 0 Å². The molecule has 2 N–H and O–H groups in total. The van der Waals surface area contributed by atoms with E-state index in [1.54, 1.807) is 19.1 Å². The summed E-state index contributed by atoms with van der Waals surface area (Å²) in [4.78, 5) is 26.4. The van der Waals surface area contributed by atoms with E-state index in [4.69, 9.17) is 9.47 Å². The lowest BCUT2D eigenvalue weighted by atomic mass is 10.1. The van der Waals surface area contributed by atoms with Crippen molar-refractivity contribution in [1.29, 1.82) is 0 Å². The van der Waals surface area contributed by atoms with Crippen molar-refractivity contribution >= 4 is 24.2 Å². The summed E-state index contributed by atoms with van der Waals surface area (Å²) >= 11 is 0. The molecule has 0 saturated carbocycles. The Balaban J connectivity index is 0.00000261. The Morgan fingerprint density at radius 2 is 2.07 bits per heavy atom. The van der Waals surface area contributed by atoms with Gasteiger partial charge in [0.15, 0.2) is 11.5 Å². The van der Waals surface area contributed by atoms with Gasteiger partial charge in [0, 0.05) is 32.1 Å². The van der Waals surface area contributed by atoms with Crippen LogP contribution >= 0.6 is 12.4 Å². The van der Waals surface area contributed by atoms with Crippen LogP contribution in [0.15, 0.2) is 18.2 Å².